The summed E-state index contributed by atoms with van der Waals surface area (Å²) in [6.07, 6.45) is -0.229. The Hall–Kier alpha value is -0.330. The van der Waals surface area contributed by atoms with E-state index in [1.54, 1.807) is 18.2 Å². The molecule has 7 heteroatoms. The number of sulfone groups is 1. The number of nitrogens with one attached hydrogen (secondary N) is 1. The van der Waals surface area contributed by atoms with Crippen molar-refractivity contribution in [3.63, 3.8) is 0 Å². The van der Waals surface area contributed by atoms with Gasteiger partial charge < -0.3 is 10.4 Å². The van der Waals surface area contributed by atoms with Crippen LogP contribution >= 0.6 is 23.2 Å². The van der Waals surface area contributed by atoms with Gasteiger partial charge in [0.05, 0.1) is 17.6 Å². The lowest BCUT2D eigenvalue weighted by molar-refractivity contribution is 0.171. The van der Waals surface area contributed by atoms with Crippen molar-refractivity contribution >= 4 is 33.0 Å². The van der Waals surface area contributed by atoms with Crippen LogP contribution in [0, 0.1) is 0 Å². The van der Waals surface area contributed by atoms with Gasteiger partial charge >= 0.3 is 0 Å². The molecule has 1 aliphatic heterocycles. The topological polar surface area (TPSA) is 66.4 Å². The maximum atomic E-state index is 11.3. The van der Waals surface area contributed by atoms with Gasteiger partial charge in [0.15, 0.2) is 9.84 Å². The number of hydrogen-bond donors (Lipinski definition) is 2. The van der Waals surface area contributed by atoms with Gasteiger partial charge in [-0.1, -0.05) is 23.2 Å². The second kappa shape index (κ2) is 5.97. The summed E-state index contributed by atoms with van der Waals surface area (Å²) >= 11 is 11.8. The Morgan fingerprint density at radius 3 is 2.79 bits per heavy atom. The molecule has 1 fully saturated rings. The normalized spacial score (nSPS) is 23.4. The number of aliphatic hydroxyl groups excluding tert-OH is 1. The molecule has 106 valence electrons. The maximum Gasteiger partial charge on any atom is 0.151 e. The largest absolute Gasteiger partial charge is 0.387 e. The van der Waals surface area contributed by atoms with Crippen molar-refractivity contribution in [3.8, 4) is 0 Å². The molecule has 1 aromatic rings. The van der Waals surface area contributed by atoms with Gasteiger partial charge in [-0.15, -0.1) is 0 Å². The quantitative estimate of drug-likeness (QED) is 0.886. The summed E-state index contributed by atoms with van der Waals surface area (Å²) in [7, 11) is -2.91. The van der Waals surface area contributed by atoms with Crippen LogP contribution in [0.5, 0.6) is 0 Å². The summed E-state index contributed by atoms with van der Waals surface area (Å²) < 4.78 is 22.6. The molecule has 19 heavy (non-hydrogen) atoms. The first kappa shape index (κ1) is 15.1. The fourth-order valence-corrected chi connectivity index (χ4v) is 4.25. The molecule has 1 aliphatic rings. The van der Waals surface area contributed by atoms with Gasteiger partial charge in [0, 0.05) is 28.2 Å². The first-order valence-corrected chi connectivity index (χ1v) is 8.52. The Bertz CT molecular complexity index is 562. The highest BCUT2D eigenvalue weighted by Crippen LogP contribution is 2.26. The lowest BCUT2D eigenvalue weighted by Crippen LogP contribution is -2.33. The van der Waals surface area contributed by atoms with Crippen LogP contribution in [-0.2, 0) is 9.84 Å². The molecule has 1 aromatic carbocycles. The van der Waals surface area contributed by atoms with Crippen LogP contribution in [0.3, 0.4) is 0 Å². The summed E-state index contributed by atoms with van der Waals surface area (Å²) in [5.41, 5.74) is 0.544. The monoisotopic (exact) mass is 323 g/mol. The number of benzene rings is 1. The highest BCUT2D eigenvalue weighted by Gasteiger charge is 2.28. The first-order chi connectivity index (χ1) is 8.87. The van der Waals surface area contributed by atoms with Crippen molar-refractivity contribution in [3.05, 3.63) is 33.8 Å². The second-order valence-electron chi connectivity index (χ2n) is 4.69. The van der Waals surface area contributed by atoms with Gasteiger partial charge in [-0.05, 0) is 24.6 Å². The van der Waals surface area contributed by atoms with E-state index in [1.165, 1.54) is 0 Å². The Labute approximate surface area is 122 Å². The first-order valence-electron chi connectivity index (χ1n) is 5.94. The van der Waals surface area contributed by atoms with Crippen LogP contribution < -0.4 is 5.32 Å². The van der Waals surface area contributed by atoms with E-state index in [9.17, 15) is 13.5 Å². The number of aliphatic hydroxyl groups is 1. The molecule has 2 N–H and O–H groups in total. The molecule has 4 nitrogen and oxygen atoms in total. The molecular weight excluding hydrogens is 309 g/mol. The Kier molecular flexibility index (Phi) is 4.74. The van der Waals surface area contributed by atoms with Gasteiger partial charge in [-0.3, -0.25) is 0 Å². The molecule has 0 saturated carbocycles. The molecule has 2 unspecified atom stereocenters. The summed E-state index contributed by atoms with van der Waals surface area (Å²) in [5.74, 6) is 0.335. The fraction of sp³-hybridized carbons (Fsp3) is 0.500. The van der Waals surface area contributed by atoms with E-state index < -0.39 is 15.9 Å². The minimum atomic E-state index is -2.91. The van der Waals surface area contributed by atoms with Gasteiger partial charge in [0.25, 0.3) is 0 Å². The summed E-state index contributed by atoms with van der Waals surface area (Å²) in [5, 5.41) is 14.1. The van der Waals surface area contributed by atoms with Crippen LogP contribution in [0.25, 0.3) is 0 Å². The van der Waals surface area contributed by atoms with Crippen molar-refractivity contribution in [2.45, 2.75) is 18.6 Å². The Morgan fingerprint density at radius 1 is 1.42 bits per heavy atom. The minimum absolute atomic E-state index is 0.0994. The van der Waals surface area contributed by atoms with Crippen molar-refractivity contribution < 1.29 is 13.5 Å². The maximum absolute atomic E-state index is 11.3. The van der Waals surface area contributed by atoms with E-state index in [0.717, 1.165) is 0 Å². The SMILES string of the molecule is O=S1(=O)CCC(NCC(O)c2cc(Cl)ccc2Cl)C1. The van der Waals surface area contributed by atoms with Gasteiger partial charge in [0.1, 0.15) is 0 Å². The third-order valence-corrected chi connectivity index (χ3v) is 5.50. The lowest BCUT2D eigenvalue weighted by Gasteiger charge is -2.17. The van der Waals surface area contributed by atoms with Crippen LogP contribution in [0.1, 0.15) is 18.1 Å². The fourth-order valence-electron chi connectivity index (χ4n) is 2.11. The summed E-state index contributed by atoms with van der Waals surface area (Å²) in [6.45, 7) is 0.250. The zero-order valence-corrected chi connectivity index (χ0v) is 12.5. The predicted molar refractivity (Wildman–Crippen MR) is 76.5 cm³/mol. The summed E-state index contributed by atoms with van der Waals surface area (Å²) in [6, 6.07) is 4.79. The third kappa shape index (κ3) is 4.07. The van der Waals surface area contributed by atoms with Gasteiger partial charge in [-0.25, -0.2) is 8.42 Å². The average Bonchev–Trinajstić information content (AvgIpc) is 2.69. The molecular formula is C12H15Cl2NO3S. The Balaban J connectivity index is 1.94. The zero-order valence-electron chi connectivity index (χ0n) is 10.1. The standard InChI is InChI=1S/C12H15Cl2NO3S/c13-8-1-2-11(14)10(5-8)12(16)6-15-9-3-4-19(17,18)7-9/h1-2,5,9,12,15-16H,3-4,6-7H2. The molecule has 0 bridgehead atoms. The van der Waals surface area contributed by atoms with E-state index in [2.05, 4.69) is 5.32 Å². The van der Waals surface area contributed by atoms with Crippen LogP contribution in [-0.4, -0.2) is 37.6 Å². The Morgan fingerprint density at radius 2 is 2.16 bits per heavy atom. The second-order valence-corrected chi connectivity index (χ2v) is 7.76. The smallest absolute Gasteiger partial charge is 0.151 e. The number of hydrogen-bond acceptors (Lipinski definition) is 4. The average molecular weight is 324 g/mol. The van der Waals surface area contributed by atoms with Crippen LogP contribution in [0.2, 0.25) is 10.0 Å². The van der Waals surface area contributed by atoms with Crippen molar-refractivity contribution in [2.24, 2.45) is 0 Å². The van der Waals surface area contributed by atoms with E-state index in [4.69, 9.17) is 23.2 Å². The van der Waals surface area contributed by atoms with Gasteiger partial charge in [0.2, 0.25) is 0 Å². The van der Waals surface area contributed by atoms with Crippen molar-refractivity contribution in [1.82, 2.24) is 5.32 Å². The van der Waals surface area contributed by atoms with Gasteiger partial charge in [-0.2, -0.15) is 0 Å². The lowest BCUT2D eigenvalue weighted by atomic mass is 10.1. The van der Waals surface area contributed by atoms with E-state index >= 15 is 0 Å². The molecule has 0 spiro atoms. The molecule has 0 amide bonds. The molecule has 1 heterocycles. The van der Waals surface area contributed by atoms with E-state index in [-0.39, 0.29) is 24.1 Å². The molecule has 2 rings (SSSR count). The highest BCUT2D eigenvalue weighted by atomic mass is 35.5. The van der Waals surface area contributed by atoms with Crippen LogP contribution in [0.15, 0.2) is 18.2 Å². The van der Waals surface area contributed by atoms with Crippen molar-refractivity contribution in [2.75, 3.05) is 18.1 Å². The minimum Gasteiger partial charge on any atom is -0.387 e. The third-order valence-electron chi connectivity index (χ3n) is 3.15. The summed E-state index contributed by atoms with van der Waals surface area (Å²) in [4.78, 5) is 0. The molecule has 0 aromatic heterocycles. The predicted octanol–water partition coefficient (Wildman–Crippen LogP) is 1.80. The highest BCUT2D eigenvalue weighted by molar-refractivity contribution is 7.91. The molecule has 1 saturated heterocycles. The van der Waals surface area contributed by atoms with E-state index in [0.29, 0.717) is 22.0 Å². The molecule has 0 aliphatic carbocycles. The van der Waals surface area contributed by atoms with Crippen LogP contribution in [0.4, 0.5) is 0 Å². The van der Waals surface area contributed by atoms with E-state index in [1.807, 2.05) is 0 Å². The number of rotatable bonds is 4. The molecule has 0 radical (unpaired) electrons. The van der Waals surface area contributed by atoms with Crippen molar-refractivity contribution in [1.29, 1.82) is 0 Å². The molecule has 2 atom stereocenters. The zero-order chi connectivity index (χ0) is 14.0. The number of halogens is 2.